The summed E-state index contributed by atoms with van der Waals surface area (Å²) in [6.07, 6.45) is 1.99. The third kappa shape index (κ3) is 1.52. The number of benzene rings is 1. The van der Waals surface area contributed by atoms with Crippen LogP contribution < -0.4 is 10.5 Å². The lowest BCUT2D eigenvalue weighted by atomic mass is 10.1. The molecule has 0 atom stereocenters. The zero-order valence-electron chi connectivity index (χ0n) is 10.2. The summed E-state index contributed by atoms with van der Waals surface area (Å²) in [6.45, 7) is 0. The van der Waals surface area contributed by atoms with Crippen LogP contribution in [-0.2, 0) is 7.05 Å². The molecule has 92 valence electrons. The highest BCUT2D eigenvalue weighted by atomic mass is 16.5. The van der Waals surface area contributed by atoms with Crippen LogP contribution in [0.1, 0.15) is 0 Å². The van der Waals surface area contributed by atoms with Gasteiger partial charge < -0.3 is 19.6 Å². The van der Waals surface area contributed by atoms with Crippen molar-refractivity contribution in [3.63, 3.8) is 0 Å². The molecule has 5 nitrogen and oxygen atoms in total. The molecule has 0 fully saturated rings. The van der Waals surface area contributed by atoms with Crippen molar-refractivity contribution < 1.29 is 9.26 Å². The molecule has 0 saturated carbocycles. The third-order valence-electron chi connectivity index (χ3n) is 3.01. The Morgan fingerprint density at radius 3 is 2.83 bits per heavy atom. The SMILES string of the molecule is COc1cc(-c2cc(N)on2)cc2c1ccn2C. The average Bonchev–Trinajstić information content (AvgIpc) is 2.96. The number of methoxy groups -OCH3 is 1. The quantitative estimate of drug-likeness (QED) is 0.750. The van der Waals surface area contributed by atoms with Crippen molar-refractivity contribution in [1.82, 2.24) is 9.72 Å². The minimum atomic E-state index is 0.302. The second-order valence-electron chi connectivity index (χ2n) is 4.15. The van der Waals surface area contributed by atoms with Gasteiger partial charge in [0.05, 0.1) is 12.6 Å². The molecule has 2 N–H and O–H groups in total. The largest absolute Gasteiger partial charge is 0.496 e. The zero-order valence-corrected chi connectivity index (χ0v) is 10.2. The van der Waals surface area contributed by atoms with Crippen molar-refractivity contribution in [3.8, 4) is 17.0 Å². The van der Waals surface area contributed by atoms with E-state index in [1.165, 1.54) is 0 Å². The van der Waals surface area contributed by atoms with Crippen molar-refractivity contribution in [2.24, 2.45) is 7.05 Å². The molecule has 0 aliphatic carbocycles. The normalized spacial score (nSPS) is 11.0. The van der Waals surface area contributed by atoms with E-state index in [1.807, 2.05) is 36.0 Å². The molecule has 0 radical (unpaired) electrons. The first-order valence-electron chi connectivity index (χ1n) is 5.54. The van der Waals surface area contributed by atoms with Gasteiger partial charge in [0.25, 0.3) is 0 Å². The number of anilines is 1. The molecular formula is C13H13N3O2. The number of aryl methyl sites for hydroxylation is 1. The standard InChI is InChI=1S/C13H13N3O2/c1-16-4-3-9-11(16)5-8(6-12(9)17-2)10-7-13(14)18-15-10/h3-7H,14H2,1-2H3. The van der Waals surface area contributed by atoms with Crippen LogP contribution in [-0.4, -0.2) is 16.8 Å². The average molecular weight is 243 g/mol. The molecule has 5 heteroatoms. The number of rotatable bonds is 2. The lowest BCUT2D eigenvalue weighted by Gasteiger charge is -2.06. The summed E-state index contributed by atoms with van der Waals surface area (Å²) >= 11 is 0. The van der Waals surface area contributed by atoms with Crippen molar-refractivity contribution in [2.75, 3.05) is 12.8 Å². The highest BCUT2D eigenvalue weighted by molar-refractivity contribution is 5.90. The predicted octanol–water partition coefficient (Wildman–Crippen LogP) is 2.42. The Bertz CT molecular complexity index is 712. The summed E-state index contributed by atoms with van der Waals surface area (Å²) < 4.78 is 12.3. The summed E-state index contributed by atoms with van der Waals surface area (Å²) in [6, 6.07) is 7.69. The Morgan fingerprint density at radius 2 is 2.17 bits per heavy atom. The van der Waals surface area contributed by atoms with E-state index < -0.39 is 0 Å². The van der Waals surface area contributed by atoms with E-state index in [-0.39, 0.29) is 0 Å². The summed E-state index contributed by atoms with van der Waals surface area (Å²) in [4.78, 5) is 0. The molecule has 0 amide bonds. The molecule has 3 rings (SSSR count). The molecule has 2 aromatic heterocycles. The summed E-state index contributed by atoms with van der Waals surface area (Å²) in [5, 5.41) is 4.99. The topological polar surface area (TPSA) is 66.2 Å². The summed E-state index contributed by atoms with van der Waals surface area (Å²) in [5.41, 5.74) is 8.24. The molecule has 0 aliphatic rings. The van der Waals surface area contributed by atoms with E-state index in [9.17, 15) is 0 Å². The fourth-order valence-electron chi connectivity index (χ4n) is 2.08. The smallest absolute Gasteiger partial charge is 0.222 e. The van der Waals surface area contributed by atoms with Gasteiger partial charge in [-0.25, -0.2) is 0 Å². The predicted molar refractivity (Wildman–Crippen MR) is 69.4 cm³/mol. The third-order valence-corrected chi connectivity index (χ3v) is 3.01. The molecule has 0 unspecified atom stereocenters. The van der Waals surface area contributed by atoms with E-state index in [2.05, 4.69) is 5.16 Å². The Morgan fingerprint density at radius 1 is 1.33 bits per heavy atom. The van der Waals surface area contributed by atoms with Gasteiger partial charge in [-0.2, -0.15) is 0 Å². The first-order valence-corrected chi connectivity index (χ1v) is 5.54. The van der Waals surface area contributed by atoms with E-state index in [0.29, 0.717) is 11.6 Å². The van der Waals surface area contributed by atoms with Crippen LogP contribution in [0.4, 0.5) is 5.88 Å². The Labute approximate surface area is 104 Å². The molecule has 18 heavy (non-hydrogen) atoms. The van der Waals surface area contributed by atoms with Gasteiger partial charge in [0.15, 0.2) is 0 Å². The lowest BCUT2D eigenvalue weighted by molar-refractivity contribution is 0.419. The van der Waals surface area contributed by atoms with E-state index in [1.54, 1.807) is 13.2 Å². The molecule has 1 aromatic carbocycles. The van der Waals surface area contributed by atoms with Gasteiger partial charge in [-0.05, 0) is 18.2 Å². The number of aromatic nitrogens is 2. The maximum absolute atomic E-state index is 5.54. The maximum atomic E-state index is 5.54. The van der Waals surface area contributed by atoms with E-state index >= 15 is 0 Å². The number of nitrogens with two attached hydrogens (primary N) is 1. The number of fused-ring (bicyclic) bond motifs is 1. The maximum Gasteiger partial charge on any atom is 0.222 e. The molecule has 2 heterocycles. The van der Waals surface area contributed by atoms with Crippen LogP contribution in [0.5, 0.6) is 5.75 Å². The van der Waals surface area contributed by atoms with Gasteiger partial charge in [-0.15, -0.1) is 0 Å². The minimum Gasteiger partial charge on any atom is -0.496 e. The number of ether oxygens (including phenoxy) is 1. The summed E-state index contributed by atoms with van der Waals surface area (Å²) in [5.74, 6) is 1.11. The first kappa shape index (κ1) is 10.7. The molecular weight excluding hydrogens is 230 g/mol. The Balaban J connectivity index is 2.27. The van der Waals surface area contributed by atoms with Gasteiger partial charge >= 0.3 is 0 Å². The fraction of sp³-hybridized carbons (Fsp3) is 0.154. The van der Waals surface area contributed by atoms with Crippen molar-refractivity contribution in [3.05, 3.63) is 30.5 Å². The highest BCUT2D eigenvalue weighted by Crippen LogP contribution is 2.32. The first-order chi connectivity index (χ1) is 8.69. The van der Waals surface area contributed by atoms with Gasteiger partial charge in [0.2, 0.25) is 5.88 Å². The van der Waals surface area contributed by atoms with Crippen LogP contribution in [0.3, 0.4) is 0 Å². The van der Waals surface area contributed by atoms with Crippen LogP contribution in [0.25, 0.3) is 22.2 Å². The number of hydrogen-bond donors (Lipinski definition) is 1. The van der Waals surface area contributed by atoms with E-state index in [0.717, 1.165) is 22.2 Å². The van der Waals surface area contributed by atoms with Crippen LogP contribution in [0.15, 0.2) is 35.0 Å². The van der Waals surface area contributed by atoms with Crippen LogP contribution in [0, 0.1) is 0 Å². The Hall–Kier alpha value is -2.43. The number of nitrogen functional groups attached to an aromatic ring is 1. The molecule has 0 bridgehead atoms. The van der Waals surface area contributed by atoms with Gasteiger partial charge in [-0.1, -0.05) is 5.16 Å². The molecule has 0 saturated heterocycles. The fourth-order valence-corrected chi connectivity index (χ4v) is 2.08. The second-order valence-corrected chi connectivity index (χ2v) is 4.15. The highest BCUT2D eigenvalue weighted by Gasteiger charge is 2.11. The Kier molecular flexibility index (Phi) is 2.26. The van der Waals surface area contributed by atoms with Crippen LogP contribution in [0.2, 0.25) is 0 Å². The zero-order chi connectivity index (χ0) is 12.7. The van der Waals surface area contributed by atoms with Crippen molar-refractivity contribution in [2.45, 2.75) is 0 Å². The summed E-state index contributed by atoms with van der Waals surface area (Å²) in [7, 11) is 3.64. The van der Waals surface area contributed by atoms with Gasteiger partial charge in [0, 0.05) is 30.3 Å². The second kappa shape index (κ2) is 3.80. The van der Waals surface area contributed by atoms with E-state index in [4.69, 9.17) is 15.0 Å². The monoisotopic (exact) mass is 243 g/mol. The van der Waals surface area contributed by atoms with Crippen molar-refractivity contribution in [1.29, 1.82) is 0 Å². The van der Waals surface area contributed by atoms with Gasteiger partial charge in [0.1, 0.15) is 11.4 Å². The molecule has 0 spiro atoms. The number of nitrogens with zero attached hydrogens (tertiary/aromatic N) is 2. The van der Waals surface area contributed by atoms with Crippen LogP contribution >= 0.6 is 0 Å². The minimum absolute atomic E-state index is 0.302. The van der Waals surface area contributed by atoms with Gasteiger partial charge in [-0.3, -0.25) is 0 Å². The number of hydrogen-bond acceptors (Lipinski definition) is 4. The molecule has 3 aromatic rings. The molecule has 0 aliphatic heterocycles. The lowest BCUT2D eigenvalue weighted by Crippen LogP contribution is -1.89. The van der Waals surface area contributed by atoms with Crippen molar-refractivity contribution >= 4 is 16.8 Å².